The van der Waals surface area contributed by atoms with Crippen molar-refractivity contribution in [3.05, 3.63) is 29.8 Å². The van der Waals surface area contributed by atoms with Crippen molar-refractivity contribution < 1.29 is 9.53 Å². The topological polar surface area (TPSA) is 64.3 Å². The molecule has 0 bridgehead atoms. The summed E-state index contributed by atoms with van der Waals surface area (Å²) in [7, 11) is 1.63. The van der Waals surface area contributed by atoms with E-state index in [1.165, 1.54) is 0 Å². The molecule has 5 heteroatoms. The number of hydrogen-bond acceptors (Lipinski definition) is 4. The molecule has 1 rings (SSSR count). The van der Waals surface area contributed by atoms with Gasteiger partial charge < -0.3 is 15.8 Å². The summed E-state index contributed by atoms with van der Waals surface area (Å²) in [6, 6.07) is 7.15. The van der Waals surface area contributed by atoms with Gasteiger partial charge in [-0.25, -0.2) is 0 Å². The first-order valence-corrected chi connectivity index (χ1v) is 7.66. The lowest BCUT2D eigenvalue weighted by molar-refractivity contribution is -0.123. The molecule has 1 aromatic carbocycles. The number of nitrogens with one attached hydrogen (secondary N) is 1. The van der Waals surface area contributed by atoms with Crippen LogP contribution in [0.5, 0.6) is 5.75 Å². The van der Waals surface area contributed by atoms with E-state index in [1.807, 2.05) is 37.4 Å². The van der Waals surface area contributed by atoms with Gasteiger partial charge in [-0.2, -0.15) is 11.8 Å². The fraction of sp³-hybridized carbons (Fsp3) is 0.500. The molecule has 0 saturated heterocycles. The molecule has 0 aromatic heterocycles. The Morgan fingerprint density at radius 1 is 1.42 bits per heavy atom. The molecule has 2 atom stereocenters. The third-order valence-corrected chi connectivity index (χ3v) is 3.59. The van der Waals surface area contributed by atoms with E-state index < -0.39 is 6.04 Å². The number of carbonyl (C=O) groups excluding carboxylic acids is 1. The molecule has 0 aliphatic carbocycles. The van der Waals surface area contributed by atoms with Gasteiger partial charge in [0.1, 0.15) is 5.75 Å². The summed E-state index contributed by atoms with van der Waals surface area (Å²) in [5, 5.41) is 2.93. The molecule has 0 fully saturated rings. The largest absolute Gasteiger partial charge is 0.497 e. The fourth-order valence-corrected chi connectivity index (χ4v) is 2.16. The first-order chi connectivity index (χ1) is 9.08. The highest BCUT2D eigenvalue weighted by atomic mass is 32.2. The average Bonchev–Trinajstić information content (AvgIpc) is 2.44. The Morgan fingerprint density at radius 3 is 2.58 bits per heavy atom. The van der Waals surface area contributed by atoms with E-state index in [2.05, 4.69) is 5.32 Å². The van der Waals surface area contributed by atoms with Crippen LogP contribution in [0, 0.1) is 0 Å². The lowest BCUT2D eigenvalue weighted by atomic mass is 10.1. The van der Waals surface area contributed by atoms with E-state index in [9.17, 15) is 4.79 Å². The molecule has 1 aromatic rings. The minimum Gasteiger partial charge on any atom is -0.497 e. The first-order valence-electron chi connectivity index (χ1n) is 6.27. The van der Waals surface area contributed by atoms with Gasteiger partial charge in [-0.3, -0.25) is 4.79 Å². The summed E-state index contributed by atoms with van der Waals surface area (Å²) in [6.45, 7) is 1.95. The number of benzene rings is 1. The van der Waals surface area contributed by atoms with Crippen LogP contribution in [0.25, 0.3) is 0 Å². The number of amides is 1. The molecule has 0 spiro atoms. The maximum atomic E-state index is 11.9. The van der Waals surface area contributed by atoms with Crippen LogP contribution < -0.4 is 15.8 Å². The van der Waals surface area contributed by atoms with Crippen LogP contribution in [0.15, 0.2) is 24.3 Å². The van der Waals surface area contributed by atoms with Gasteiger partial charge in [0.15, 0.2) is 0 Å². The van der Waals surface area contributed by atoms with Crippen molar-refractivity contribution in [3.63, 3.8) is 0 Å². The molecular formula is C14H22N2O2S. The molecule has 106 valence electrons. The van der Waals surface area contributed by atoms with Crippen LogP contribution in [0.2, 0.25) is 0 Å². The van der Waals surface area contributed by atoms with E-state index in [0.717, 1.165) is 17.1 Å². The van der Waals surface area contributed by atoms with Crippen molar-refractivity contribution in [2.75, 3.05) is 19.1 Å². The van der Waals surface area contributed by atoms with Crippen molar-refractivity contribution in [1.29, 1.82) is 0 Å². The van der Waals surface area contributed by atoms with Gasteiger partial charge in [-0.1, -0.05) is 12.1 Å². The Hall–Kier alpha value is -1.20. The zero-order valence-electron chi connectivity index (χ0n) is 11.7. The molecule has 0 unspecified atom stereocenters. The summed E-state index contributed by atoms with van der Waals surface area (Å²) in [5.74, 6) is 1.60. The second-order valence-electron chi connectivity index (χ2n) is 4.39. The van der Waals surface area contributed by atoms with Gasteiger partial charge in [0.25, 0.3) is 0 Å². The van der Waals surface area contributed by atoms with E-state index >= 15 is 0 Å². The Labute approximate surface area is 119 Å². The summed E-state index contributed by atoms with van der Waals surface area (Å²) in [5.41, 5.74) is 6.86. The molecule has 0 saturated carbocycles. The summed E-state index contributed by atoms with van der Waals surface area (Å²) in [4.78, 5) is 11.9. The van der Waals surface area contributed by atoms with Crippen molar-refractivity contribution in [3.8, 4) is 5.75 Å². The van der Waals surface area contributed by atoms with Crippen molar-refractivity contribution in [1.82, 2.24) is 5.32 Å². The predicted molar refractivity (Wildman–Crippen MR) is 80.5 cm³/mol. The van der Waals surface area contributed by atoms with Gasteiger partial charge in [0.05, 0.1) is 19.2 Å². The number of nitrogens with two attached hydrogens (primary N) is 1. The Morgan fingerprint density at radius 2 is 2.05 bits per heavy atom. The normalized spacial score (nSPS) is 13.7. The van der Waals surface area contributed by atoms with Crippen LogP contribution in [-0.2, 0) is 4.79 Å². The van der Waals surface area contributed by atoms with Crippen molar-refractivity contribution in [2.24, 2.45) is 5.73 Å². The smallest absolute Gasteiger partial charge is 0.237 e. The molecule has 19 heavy (non-hydrogen) atoms. The average molecular weight is 282 g/mol. The molecule has 0 heterocycles. The van der Waals surface area contributed by atoms with Gasteiger partial charge in [0.2, 0.25) is 5.91 Å². The second-order valence-corrected chi connectivity index (χ2v) is 5.38. The van der Waals surface area contributed by atoms with Crippen molar-refractivity contribution in [2.45, 2.75) is 25.4 Å². The van der Waals surface area contributed by atoms with Crippen LogP contribution in [0.3, 0.4) is 0 Å². The van der Waals surface area contributed by atoms with E-state index in [-0.39, 0.29) is 11.9 Å². The number of hydrogen-bond donors (Lipinski definition) is 2. The SMILES string of the molecule is COc1ccc([C@H](C)NC(=O)[C@@H](N)CCSC)cc1. The maximum absolute atomic E-state index is 11.9. The van der Waals surface area contributed by atoms with E-state index in [1.54, 1.807) is 18.9 Å². The number of thioether (sulfide) groups is 1. The molecule has 0 radical (unpaired) electrons. The zero-order chi connectivity index (χ0) is 14.3. The van der Waals surface area contributed by atoms with E-state index in [4.69, 9.17) is 10.5 Å². The standard InChI is InChI=1S/C14H22N2O2S/c1-10(11-4-6-12(18-2)7-5-11)16-14(17)13(15)8-9-19-3/h4-7,10,13H,8-9,15H2,1-3H3,(H,16,17)/t10-,13-/m0/s1. The van der Waals surface area contributed by atoms with E-state index in [0.29, 0.717) is 6.42 Å². The molecule has 1 amide bonds. The lowest BCUT2D eigenvalue weighted by Crippen LogP contribution is -2.41. The van der Waals surface area contributed by atoms with Crippen molar-refractivity contribution >= 4 is 17.7 Å². The zero-order valence-corrected chi connectivity index (χ0v) is 12.5. The Kier molecular flexibility index (Phi) is 6.73. The third kappa shape index (κ3) is 5.12. The predicted octanol–water partition coefficient (Wildman–Crippen LogP) is 1.95. The highest BCUT2D eigenvalue weighted by Gasteiger charge is 2.16. The molecular weight excluding hydrogens is 260 g/mol. The van der Waals surface area contributed by atoms with Crippen LogP contribution in [0.1, 0.15) is 24.9 Å². The maximum Gasteiger partial charge on any atom is 0.237 e. The quantitative estimate of drug-likeness (QED) is 0.802. The van der Waals surface area contributed by atoms with Crippen LogP contribution in [-0.4, -0.2) is 31.1 Å². The van der Waals surface area contributed by atoms with Crippen LogP contribution >= 0.6 is 11.8 Å². The fourth-order valence-electron chi connectivity index (χ4n) is 1.67. The summed E-state index contributed by atoms with van der Waals surface area (Å²) >= 11 is 1.69. The number of rotatable bonds is 7. The van der Waals surface area contributed by atoms with Gasteiger partial charge in [-0.05, 0) is 43.0 Å². The van der Waals surface area contributed by atoms with Gasteiger partial charge in [0, 0.05) is 0 Å². The monoisotopic (exact) mass is 282 g/mol. The molecule has 4 nitrogen and oxygen atoms in total. The highest BCUT2D eigenvalue weighted by molar-refractivity contribution is 7.98. The number of ether oxygens (including phenoxy) is 1. The first kappa shape index (κ1) is 15.9. The second kappa shape index (κ2) is 8.07. The molecule has 0 aliphatic heterocycles. The Bertz CT molecular complexity index is 395. The summed E-state index contributed by atoms with van der Waals surface area (Å²) < 4.78 is 5.10. The summed E-state index contributed by atoms with van der Waals surface area (Å²) in [6.07, 6.45) is 2.70. The Balaban J connectivity index is 2.53. The lowest BCUT2D eigenvalue weighted by Gasteiger charge is -2.18. The molecule has 3 N–H and O–H groups in total. The number of methoxy groups -OCH3 is 1. The van der Waals surface area contributed by atoms with Crippen LogP contribution in [0.4, 0.5) is 0 Å². The van der Waals surface area contributed by atoms with Gasteiger partial charge in [-0.15, -0.1) is 0 Å². The minimum absolute atomic E-state index is 0.0567. The highest BCUT2D eigenvalue weighted by Crippen LogP contribution is 2.17. The third-order valence-electron chi connectivity index (χ3n) is 2.94. The molecule has 0 aliphatic rings. The number of carbonyl (C=O) groups is 1. The van der Waals surface area contributed by atoms with Gasteiger partial charge >= 0.3 is 0 Å². The minimum atomic E-state index is -0.437.